The molecule has 1 N–H and O–H groups in total. The monoisotopic (exact) mass is 294 g/mol. The molecule has 1 aliphatic heterocycles. The second-order valence-corrected chi connectivity index (χ2v) is 5.25. The Kier molecular flexibility index (Phi) is 4.56. The SMILES string of the molecule is C/N=C/c1ccccc1OB1OCc2ccc(CNC)cc21. The van der Waals surface area contributed by atoms with E-state index in [0.717, 1.165) is 23.3 Å². The first-order chi connectivity index (χ1) is 10.8. The van der Waals surface area contributed by atoms with E-state index in [2.05, 4.69) is 28.5 Å². The van der Waals surface area contributed by atoms with Crippen LogP contribution < -0.4 is 15.4 Å². The Morgan fingerprint density at radius 3 is 3.00 bits per heavy atom. The quantitative estimate of drug-likeness (QED) is 0.675. The summed E-state index contributed by atoms with van der Waals surface area (Å²) in [5.74, 6) is 0.782. The average Bonchev–Trinajstić information content (AvgIpc) is 2.92. The molecule has 22 heavy (non-hydrogen) atoms. The van der Waals surface area contributed by atoms with Gasteiger partial charge in [-0.1, -0.05) is 30.3 Å². The fraction of sp³-hybridized carbons (Fsp3) is 0.235. The lowest BCUT2D eigenvalue weighted by Gasteiger charge is -2.13. The van der Waals surface area contributed by atoms with Gasteiger partial charge >= 0.3 is 7.12 Å². The number of fused-ring (bicyclic) bond motifs is 1. The molecule has 0 atom stereocenters. The second-order valence-electron chi connectivity index (χ2n) is 5.25. The van der Waals surface area contributed by atoms with Gasteiger partial charge in [0.15, 0.2) is 0 Å². The summed E-state index contributed by atoms with van der Waals surface area (Å²) in [6.45, 7) is 1.42. The molecule has 0 fully saturated rings. The molecule has 0 aromatic heterocycles. The summed E-state index contributed by atoms with van der Waals surface area (Å²) < 4.78 is 11.9. The molecule has 0 saturated carbocycles. The van der Waals surface area contributed by atoms with Crippen molar-refractivity contribution in [3.8, 4) is 5.75 Å². The van der Waals surface area contributed by atoms with E-state index in [0.29, 0.717) is 6.61 Å². The summed E-state index contributed by atoms with van der Waals surface area (Å²) in [6.07, 6.45) is 1.79. The lowest BCUT2D eigenvalue weighted by atomic mass is 9.78. The Bertz CT molecular complexity index is 688. The number of para-hydroxylation sites is 1. The highest BCUT2D eigenvalue weighted by atomic mass is 16.6. The van der Waals surface area contributed by atoms with Crippen molar-refractivity contribution in [2.45, 2.75) is 13.2 Å². The van der Waals surface area contributed by atoms with Gasteiger partial charge in [0.25, 0.3) is 0 Å². The molecule has 1 heterocycles. The molecule has 4 nitrogen and oxygen atoms in total. The topological polar surface area (TPSA) is 42.9 Å². The van der Waals surface area contributed by atoms with E-state index < -0.39 is 0 Å². The molecule has 0 saturated heterocycles. The van der Waals surface area contributed by atoms with Gasteiger partial charge in [-0.15, -0.1) is 0 Å². The molecule has 2 aromatic carbocycles. The van der Waals surface area contributed by atoms with Crippen LogP contribution >= 0.6 is 0 Å². The second kappa shape index (κ2) is 6.77. The zero-order chi connectivity index (χ0) is 15.4. The molecule has 0 spiro atoms. The molecular formula is C17H19BN2O2. The summed E-state index contributed by atoms with van der Waals surface area (Å²) in [6, 6.07) is 14.2. The van der Waals surface area contributed by atoms with Crippen LogP contribution in [0.5, 0.6) is 5.75 Å². The summed E-state index contributed by atoms with van der Waals surface area (Å²) in [5.41, 5.74) is 4.47. The van der Waals surface area contributed by atoms with E-state index in [-0.39, 0.29) is 7.12 Å². The predicted molar refractivity (Wildman–Crippen MR) is 90.0 cm³/mol. The van der Waals surface area contributed by atoms with Crippen LogP contribution in [0, 0.1) is 0 Å². The molecule has 0 unspecified atom stereocenters. The van der Waals surface area contributed by atoms with E-state index >= 15 is 0 Å². The van der Waals surface area contributed by atoms with Crippen molar-refractivity contribution in [1.82, 2.24) is 5.32 Å². The van der Waals surface area contributed by atoms with Gasteiger partial charge in [-0.2, -0.15) is 0 Å². The maximum atomic E-state index is 6.08. The van der Waals surface area contributed by atoms with Gasteiger partial charge in [-0.25, -0.2) is 0 Å². The normalized spacial score (nSPS) is 13.6. The van der Waals surface area contributed by atoms with Crippen LogP contribution in [0.3, 0.4) is 0 Å². The van der Waals surface area contributed by atoms with Crippen molar-refractivity contribution in [1.29, 1.82) is 0 Å². The highest BCUT2D eigenvalue weighted by molar-refractivity contribution is 6.63. The van der Waals surface area contributed by atoms with Crippen molar-refractivity contribution in [2.75, 3.05) is 14.1 Å². The molecule has 5 heteroatoms. The van der Waals surface area contributed by atoms with Crippen molar-refractivity contribution >= 4 is 18.8 Å². The predicted octanol–water partition coefficient (Wildman–Crippen LogP) is 1.76. The molecule has 0 radical (unpaired) electrons. The maximum Gasteiger partial charge on any atom is 0.563 e. The number of rotatable bonds is 5. The maximum absolute atomic E-state index is 6.08. The van der Waals surface area contributed by atoms with Crippen LogP contribution in [0.4, 0.5) is 0 Å². The molecule has 0 aliphatic carbocycles. The van der Waals surface area contributed by atoms with Crippen molar-refractivity contribution in [3.05, 3.63) is 59.2 Å². The Balaban J connectivity index is 1.86. The van der Waals surface area contributed by atoms with E-state index in [1.165, 1.54) is 11.1 Å². The number of nitrogens with zero attached hydrogens (tertiary/aromatic N) is 1. The number of nitrogens with one attached hydrogen (secondary N) is 1. The summed E-state index contributed by atoms with van der Waals surface area (Å²) >= 11 is 0. The molecule has 0 bridgehead atoms. The average molecular weight is 294 g/mol. The lowest BCUT2D eigenvalue weighted by molar-refractivity contribution is 0.280. The zero-order valence-corrected chi connectivity index (χ0v) is 12.9. The Labute approximate surface area is 131 Å². The van der Waals surface area contributed by atoms with Crippen LogP contribution in [0.25, 0.3) is 0 Å². The number of aliphatic imine (C=N–C) groups is 1. The number of hydrogen-bond acceptors (Lipinski definition) is 4. The fourth-order valence-corrected chi connectivity index (χ4v) is 2.61. The van der Waals surface area contributed by atoms with Crippen molar-refractivity contribution < 1.29 is 9.31 Å². The van der Waals surface area contributed by atoms with Gasteiger partial charge < -0.3 is 14.6 Å². The molecule has 2 aromatic rings. The first-order valence-electron chi connectivity index (χ1n) is 7.37. The highest BCUT2D eigenvalue weighted by Crippen LogP contribution is 2.20. The smallest absolute Gasteiger partial charge is 0.532 e. The summed E-state index contributed by atoms with van der Waals surface area (Å²) in [7, 11) is 3.33. The first-order valence-corrected chi connectivity index (χ1v) is 7.37. The van der Waals surface area contributed by atoms with Gasteiger partial charge in [-0.05, 0) is 30.3 Å². The van der Waals surface area contributed by atoms with E-state index in [9.17, 15) is 0 Å². The van der Waals surface area contributed by atoms with Crippen LogP contribution in [0.15, 0.2) is 47.5 Å². The van der Waals surface area contributed by atoms with Gasteiger partial charge in [0, 0.05) is 30.8 Å². The third kappa shape index (κ3) is 3.05. The standard InChI is InChI=1S/C17H19BN2O2/c1-19-10-13-7-8-15-12-21-18(16(15)9-13)22-17-6-4-3-5-14(17)11-20-2/h3-9,11,19H,10,12H2,1-2H3/b20-11+. The first kappa shape index (κ1) is 14.8. The zero-order valence-electron chi connectivity index (χ0n) is 12.9. The summed E-state index contributed by atoms with van der Waals surface area (Å²) in [4.78, 5) is 4.07. The van der Waals surface area contributed by atoms with Crippen LogP contribution in [0.2, 0.25) is 0 Å². The van der Waals surface area contributed by atoms with Gasteiger partial charge in [0.05, 0.1) is 6.61 Å². The number of benzene rings is 2. The number of hydrogen-bond donors (Lipinski definition) is 1. The van der Waals surface area contributed by atoms with Gasteiger partial charge in [0.1, 0.15) is 5.75 Å². The third-order valence-electron chi connectivity index (χ3n) is 3.66. The summed E-state index contributed by atoms with van der Waals surface area (Å²) in [5, 5.41) is 3.17. The molecule has 1 aliphatic rings. The minimum Gasteiger partial charge on any atom is -0.532 e. The molecule has 0 amide bonds. The van der Waals surface area contributed by atoms with E-state index in [1.54, 1.807) is 13.3 Å². The van der Waals surface area contributed by atoms with Crippen molar-refractivity contribution in [2.24, 2.45) is 4.99 Å². The van der Waals surface area contributed by atoms with Crippen molar-refractivity contribution in [3.63, 3.8) is 0 Å². The van der Waals surface area contributed by atoms with Crippen LogP contribution in [-0.2, 0) is 17.8 Å². The minimum absolute atomic E-state index is 0.363. The van der Waals surface area contributed by atoms with E-state index in [4.69, 9.17) is 9.31 Å². The van der Waals surface area contributed by atoms with E-state index in [1.807, 2.05) is 31.3 Å². The Morgan fingerprint density at radius 1 is 1.32 bits per heavy atom. The highest BCUT2D eigenvalue weighted by Gasteiger charge is 2.33. The molecule has 112 valence electrons. The van der Waals surface area contributed by atoms with Crippen LogP contribution in [-0.4, -0.2) is 27.4 Å². The third-order valence-corrected chi connectivity index (χ3v) is 3.66. The molecular weight excluding hydrogens is 275 g/mol. The fourth-order valence-electron chi connectivity index (χ4n) is 2.61. The minimum atomic E-state index is -0.363. The molecule has 3 rings (SSSR count). The largest absolute Gasteiger partial charge is 0.563 e. The Morgan fingerprint density at radius 2 is 2.18 bits per heavy atom. The van der Waals surface area contributed by atoms with Gasteiger partial charge in [0.2, 0.25) is 0 Å². The van der Waals surface area contributed by atoms with Crippen LogP contribution in [0.1, 0.15) is 16.7 Å². The Hall–Kier alpha value is -2.11. The van der Waals surface area contributed by atoms with Gasteiger partial charge in [-0.3, -0.25) is 4.99 Å². The lowest BCUT2D eigenvalue weighted by Crippen LogP contribution is -2.36.